The Morgan fingerprint density at radius 3 is 1.16 bits per heavy atom. The molecule has 7 aromatic carbocycles. The first-order valence-corrected chi connectivity index (χ1v) is 15.4. The van der Waals surface area contributed by atoms with Crippen molar-refractivity contribution in [1.82, 2.24) is 9.13 Å². The van der Waals surface area contributed by atoms with E-state index in [1.807, 2.05) is 0 Å². The van der Waals surface area contributed by atoms with E-state index in [9.17, 15) is 0 Å². The third-order valence-electron chi connectivity index (χ3n) is 8.88. The molecular formula is C42H29N3. The zero-order valence-electron chi connectivity index (χ0n) is 24.6. The van der Waals surface area contributed by atoms with Gasteiger partial charge in [0.25, 0.3) is 0 Å². The summed E-state index contributed by atoms with van der Waals surface area (Å²) in [6.45, 7) is 0. The zero-order chi connectivity index (χ0) is 29.7. The van der Waals surface area contributed by atoms with E-state index in [-0.39, 0.29) is 0 Å². The molecule has 0 radical (unpaired) electrons. The van der Waals surface area contributed by atoms with Gasteiger partial charge in [-0.3, -0.25) is 0 Å². The highest BCUT2D eigenvalue weighted by atomic mass is 15.1. The minimum absolute atomic E-state index is 1.12. The lowest BCUT2D eigenvalue weighted by Gasteiger charge is -2.25. The van der Waals surface area contributed by atoms with Crippen molar-refractivity contribution in [3.63, 3.8) is 0 Å². The Bertz CT molecular complexity index is 2420. The average Bonchev–Trinajstić information content (AvgIpc) is 3.61. The van der Waals surface area contributed by atoms with Gasteiger partial charge in [0.15, 0.2) is 0 Å². The highest BCUT2D eigenvalue weighted by Gasteiger charge is 2.19. The number of rotatable bonds is 5. The quantitative estimate of drug-likeness (QED) is 0.199. The van der Waals surface area contributed by atoms with Crippen LogP contribution in [0.15, 0.2) is 176 Å². The summed E-state index contributed by atoms with van der Waals surface area (Å²) in [7, 11) is 0. The van der Waals surface area contributed by atoms with Gasteiger partial charge in [-0.15, -0.1) is 0 Å². The number of benzene rings is 7. The van der Waals surface area contributed by atoms with Gasteiger partial charge in [0.1, 0.15) is 0 Å². The molecule has 0 amide bonds. The summed E-state index contributed by atoms with van der Waals surface area (Å²) in [5, 5.41) is 5.00. The second-order valence-corrected chi connectivity index (χ2v) is 11.5. The van der Waals surface area contributed by atoms with Gasteiger partial charge in [-0.05, 0) is 84.9 Å². The standard InChI is InChI=1S/C42H29N3/c1-4-14-30(15-5-1)43(31-16-6-2-7-17-31)33-24-26-34(27-25-33)45-40-23-13-11-21-36(40)38-28-41-37(29-42(38)45)35-20-10-12-22-39(35)44(41)32-18-8-3-9-19-32/h1-29H. The van der Waals surface area contributed by atoms with Crippen molar-refractivity contribution in [3.8, 4) is 11.4 Å². The number of aromatic nitrogens is 2. The Hall–Kier alpha value is -6.06. The van der Waals surface area contributed by atoms with Crippen molar-refractivity contribution in [2.45, 2.75) is 0 Å². The number of fused-ring (bicyclic) bond motifs is 6. The fraction of sp³-hybridized carbons (Fsp3) is 0. The van der Waals surface area contributed by atoms with Crippen molar-refractivity contribution in [3.05, 3.63) is 176 Å². The summed E-state index contributed by atoms with van der Waals surface area (Å²) in [4.78, 5) is 2.30. The van der Waals surface area contributed by atoms with Crippen LogP contribution < -0.4 is 4.90 Å². The summed E-state index contributed by atoms with van der Waals surface area (Å²) in [5.74, 6) is 0. The van der Waals surface area contributed by atoms with Crippen molar-refractivity contribution in [2.24, 2.45) is 0 Å². The van der Waals surface area contributed by atoms with Crippen LogP contribution in [0.4, 0.5) is 17.1 Å². The Kier molecular flexibility index (Phi) is 5.82. The predicted molar refractivity (Wildman–Crippen MR) is 190 cm³/mol. The van der Waals surface area contributed by atoms with Crippen LogP contribution in [0.1, 0.15) is 0 Å². The molecule has 0 aliphatic carbocycles. The molecule has 2 aromatic heterocycles. The summed E-state index contributed by atoms with van der Waals surface area (Å²) in [6, 6.07) is 63.0. The zero-order valence-corrected chi connectivity index (χ0v) is 24.6. The number of hydrogen-bond donors (Lipinski definition) is 0. The third kappa shape index (κ3) is 4.05. The maximum atomic E-state index is 2.41. The van der Waals surface area contributed by atoms with Crippen molar-refractivity contribution >= 4 is 60.7 Å². The lowest BCUT2D eigenvalue weighted by atomic mass is 10.1. The Labute approximate surface area is 261 Å². The first-order chi connectivity index (χ1) is 22.3. The normalized spacial score (nSPS) is 11.6. The monoisotopic (exact) mass is 575 g/mol. The SMILES string of the molecule is c1ccc(N(c2ccccc2)c2ccc(-n3c4ccccc4c4cc5c(cc43)c3ccccc3n5-c3ccccc3)cc2)cc1. The van der Waals surface area contributed by atoms with E-state index < -0.39 is 0 Å². The van der Waals surface area contributed by atoms with Gasteiger partial charge in [-0.1, -0.05) is 91.0 Å². The van der Waals surface area contributed by atoms with Crippen LogP contribution in [0.5, 0.6) is 0 Å². The maximum absolute atomic E-state index is 2.41. The molecule has 0 bridgehead atoms. The van der Waals surface area contributed by atoms with Crippen molar-refractivity contribution < 1.29 is 0 Å². The number of anilines is 3. The van der Waals surface area contributed by atoms with E-state index in [0.29, 0.717) is 0 Å². The Morgan fingerprint density at radius 1 is 0.289 bits per heavy atom. The Balaban J connectivity index is 1.27. The molecule has 0 unspecified atom stereocenters. The molecule has 0 fully saturated rings. The lowest BCUT2D eigenvalue weighted by molar-refractivity contribution is 1.17. The first kappa shape index (κ1) is 25.4. The van der Waals surface area contributed by atoms with Gasteiger partial charge in [0.05, 0.1) is 22.1 Å². The van der Waals surface area contributed by atoms with Crippen LogP contribution >= 0.6 is 0 Å². The van der Waals surface area contributed by atoms with Crippen LogP contribution in [-0.2, 0) is 0 Å². The second-order valence-electron chi connectivity index (χ2n) is 11.5. The van der Waals surface area contributed by atoms with Crippen molar-refractivity contribution in [2.75, 3.05) is 4.90 Å². The molecular weight excluding hydrogens is 546 g/mol. The summed E-state index contributed by atoms with van der Waals surface area (Å²) in [5.41, 5.74) is 10.5. The predicted octanol–water partition coefficient (Wildman–Crippen LogP) is 11.4. The van der Waals surface area contributed by atoms with Gasteiger partial charge in [-0.2, -0.15) is 0 Å². The molecule has 3 heteroatoms. The molecule has 0 spiro atoms. The number of para-hydroxylation sites is 5. The summed E-state index contributed by atoms with van der Waals surface area (Å²) >= 11 is 0. The van der Waals surface area contributed by atoms with Crippen LogP contribution in [0, 0.1) is 0 Å². The number of nitrogens with zero attached hydrogens (tertiary/aromatic N) is 3. The van der Waals surface area contributed by atoms with Gasteiger partial charge in [0.2, 0.25) is 0 Å². The molecule has 9 aromatic rings. The molecule has 9 rings (SSSR count). The van der Waals surface area contributed by atoms with E-state index in [1.165, 1.54) is 49.3 Å². The van der Waals surface area contributed by atoms with Gasteiger partial charge in [-0.25, -0.2) is 0 Å². The molecule has 3 nitrogen and oxygen atoms in total. The van der Waals surface area contributed by atoms with Gasteiger partial charge in [0, 0.05) is 50.0 Å². The van der Waals surface area contributed by atoms with E-state index in [0.717, 1.165) is 22.7 Å². The van der Waals surface area contributed by atoms with E-state index in [4.69, 9.17) is 0 Å². The molecule has 2 heterocycles. The first-order valence-electron chi connectivity index (χ1n) is 15.4. The molecule has 0 aliphatic rings. The summed E-state index contributed by atoms with van der Waals surface area (Å²) in [6.07, 6.45) is 0. The minimum Gasteiger partial charge on any atom is -0.311 e. The van der Waals surface area contributed by atoms with Gasteiger partial charge < -0.3 is 14.0 Å². The smallest absolute Gasteiger partial charge is 0.0548 e. The van der Waals surface area contributed by atoms with Crippen LogP contribution in [0.25, 0.3) is 55.0 Å². The summed E-state index contributed by atoms with van der Waals surface area (Å²) < 4.78 is 4.81. The topological polar surface area (TPSA) is 13.1 Å². The highest BCUT2D eigenvalue weighted by Crippen LogP contribution is 2.40. The molecule has 0 saturated heterocycles. The van der Waals surface area contributed by atoms with Gasteiger partial charge >= 0.3 is 0 Å². The molecule has 0 saturated carbocycles. The largest absolute Gasteiger partial charge is 0.311 e. The third-order valence-corrected chi connectivity index (χ3v) is 8.88. The minimum atomic E-state index is 1.12. The molecule has 0 aliphatic heterocycles. The van der Waals surface area contributed by atoms with E-state index >= 15 is 0 Å². The second kappa shape index (κ2) is 10.3. The van der Waals surface area contributed by atoms with Crippen LogP contribution in [-0.4, -0.2) is 9.13 Å². The van der Waals surface area contributed by atoms with Crippen molar-refractivity contribution in [1.29, 1.82) is 0 Å². The molecule has 0 atom stereocenters. The van der Waals surface area contributed by atoms with Crippen LogP contribution in [0.3, 0.4) is 0 Å². The molecule has 212 valence electrons. The lowest BCUT2D eigenvalue weighted by Crippen LogP contribution is -2.09. The fourth-order valence-electron chi connectivity index (χ4n) is 6.92. The molecule has 45 heavy (non-hydrogen) atoms. The maximum Gasteiger partial charge on any atom is 0.0548 e. The Morgan fingerprint density at radius 2 is 0.667 bits per heavy atom. The van der Waals surface area contributed by atoms with E-state index in [2.05, 4.69) is 190 Å². The number of hydrogen-bond acceptors (Lipinski definition) is 1. The average molecular weight is 576 g/mol. The molecule has 0 N–H and O–H groups in total. The highest BCUT2D eigenvalue weighted by molar-refractivity contribution is 6.19. The van der Waals surface area contributed by atoms with Crippen LogP contribution in [0.2, 0.25) is 0 Å². The van der Waals surface area contributed by atoms with E-state index in [1.54, 1.807) is 0 Å². The fourth-order valence-corrected chi connectivity index (χ4v) is 6.92.